The van der Waals surface area contributed by atoms with E-state index in [2.05, 4.69) is 0 Å². The zero-order valence-corrected chi connectivity index (χ0v) is 18.5. The predicted molar refractivity (Wildman–Crippen MR) is 115 cm³/mol. The number of thiazole rings is 1. The van der Waals surface area contributed by atoms with Crippen LogP contribution < -0.4 is 4.90 Å². The highest BCUT2D eigenvalue weighted by Gasteiger charge is 2.39. The zero-order chi connectivity index (χ0) is 20.6. The Bertz CT molecular complexity index is 998. The Labute approximate surface area is 175 Å². The Morgan fingerprint density at radius 3 is 2.83 bits per heavy atom. The lowest BCUT2D eigenvalue weighted by atomic mass is 10.0. The van der Waals surface area contributed by atoms with Crippen LogP contribution in [0.2, 0.25) is 0 Å². The molecular formula is C20H27N3O4S2. The summed E-state index contributed by atoms with van der Waals surface area (Å²) in [5, 5.41) is 0.619. The fourth-order valence-corrected chi connectivity index (χ4v) is 6.35. The van der Waals surface area contributed by atoms with Gasteiger partial charge in [-0.1, -0.05) is 29.9 Å². The first-order valence-electron chi connectivity index (χ1n) is 10.1. The van der Waals surface area contributed by atoms with Gasteiger partial charge in [0, 0.05) is 13.2 Å². The van der Waals surface area contributed by atoms with Crippen LogP contribution >= 0.6 is 11.3 Å². The third-order valence-corrected chi connectivity index (χ3v) is 8.01. The summed E-state index contributed by atoms with van der Waals surface area (Å²) in [5.41, 5.74) is 1.95. The fourth-order valence-electron chi connectivity index (χ4n) is 4.17. The second kappa shape index (κ2) is 8.29. The molecule has 0 spiro atoms. The maximum Gasteiger partial charge on any atom is 0.247 e. The van der Waals surface area contributed by atoms with Crippen LogP contribution in [-0.4, -0.2) is 61.7 Å². The lowest BCUT2D eigenvalue weighted by Crippen LogP contribution is -2.54. The Morgan fingerprint density at radius 2 is 2.14 bits per heavy atom. The predicted octanol–water partition coefficient (Wildman–Crippen LogP) is 2.93. The minimum atomic E-state index is -3.46. The molecule has 1 aromatic heterocycles. The van der Waals surface area contributed by atoms with Crippen LogP contribution in [0.5, 0.6) is 0 Å². The summed E-state index contributed by atoms with van der Waals surface area (Å²) in [5.74, 6) is -0.192. The molecule has 4 rings (SSSR count). The standard InChI is InChI=1S/C20H27N3O4S2/c1-14-7-5-10-17-18(14)21-20(28-17)22(13-15-8-6-12-27-15)19(24)16-9-3-4-11-23(16)29(2,25)26/h5,7,10,15-16H,3-4,6,8-9,11-13H2,1-2H3/t15-,16+/m0/s1. The Kier molecular flexibility index (Phi) is 5.92. The summed E-state index contributed by atoms with van der Waals surface area (Å²) in [6.07, 6.45) is 5.18. The third-order valence-electron chi connectivity index (χ3n) is 5.68. The highest BCUT2D eigenvalue weighted by molar-refractivity contribution is 7.88. The molecule has 0 N–H and O–H groups in total. The molecule has 2 atom stereocenters. The monoisotopic (exact) mass is 437 g/mol. The molecule has 2 aliphatic heterocycles. The Hall–Kier alpha value is -1.55. The summed E-state index contributed by atoms with van der Waals surface area (Å²) in [4.78, 5) is 20.1. The van der Waals surface area contributed by atoms with Gasteiger partial charge in [0.15, 0.2) is 5.13 Å². The van der Waals surface area contributed by atoms with Crippen molar-refractivity contribution in [3.05, 3.63) is 23.8 Å². The highest BCUT2D eigenvalue weighted by atomic mass is 32.2. The molecule has 3 heterocycles. The van der Waals surface area contributed by atoms with E-state index in [9.17, 15) is 13.2 Å². The van der Waals surface area contributed by atoms with E-state index in [4.69, 9.17) is 9.72 Å². The number of carbonyl (C=O) groups excluding carboxylic acids is 1. The van der Waals surface area contributed by atoms with Crippen LogP contribution in [0.3, 0.4) is 0 Å². The number of sulfonamides is 1. The number of benzene rings is 1. The molecule has 0 unspecified atom stereocenters. The van der Waals surface area contributed by atoms with E-state index in [1.807, 2.05) is 25.1 Å². The van der Waals surface area contributed by atoms with Gasteiger partial charge < -0.3 is 4.74 Å². The van der Waals surface area contributed by atoms with E-state index in [0.29, 0.717) is 31.2 Å². The van der Waals surface area contributed by atoms with E-state index in [1.165, 1.54) is 21.9 Å². The molecule has 1 amide bonds. The van der Waals surface area contributed by atoms with Crippen molar-refractivity contribution in [1.29, 1.82) is 0 Å². The van der Waals surface area contributed by atoms with Crippen molar-refractivity contribution in [2.45, 2.75) is 51.2 Å². The van der Waals surface area contributed by atoms with Crippen LogP contribution in [0.15, 0.2) is 18.2 Å². The van der Waals surface area contributed by atoms with E-state index in [0.717, 1.165) is 41.5 Å². The number of amides is 1. The number of nitrogens with zero attached hydrogens (tertiary/aromatic N) is 3. The molecule has 7 nitrogen and oxygen atoms in total. The van der Waals surface area contributed by atoms with Gasteiger partial charge in [-0.2, -0.15) is 4.31 Å². The van der Waals surface area contributed by atoms with Crippen LogP contribution in [0.1, 0.15) is 37.7 Å². The second-order valence-corrected chi connectivity index (χ2v) is 10.8. The quantitative estimate of drug-likeness (QED) is 0.719. The van der Waals surface area contributed by atoms with Crippen LogP contribution in [0.4, 0.5) is 5.13 Å². The second-order valence-electron chi connectivity index (χ2n) is 7.89. The molecule has 9 heteroatoms. The molecule has 0 radical (unpaired) electrons. The molecule has 0 aliphatic carbocycles. The first kappa shape index (κ1) is 20.7. The number of para-hydroxylation sites is 1. The molecular weight excluding hydrogens is 410 g/mol. The molecule has 2 aliphatic rings. The van der Waals surface area contributed by atoms with Gasteiger partial charge >= 0.3 is 0 Å². The number of rotatable bonds is 5. The van der Waals surface area contributed by atoms with Gasteiger partial charge in [0.1, 0.15) is 6.04 Å². The van der Waals surface area contributed by atoms with Crippen molar-refractivity contribution in [1.82, 2.24) is 9.29 Å². The first-order valence-corrected chi connectivity index (χ1v) is 12.8. The van der Waals surface area contributed by atoms with Crippen molar-refractivity contribution >= 4 is 42.6 Å². The van der Waals surface area contributed by atoms with Gasteiger partial charge in [-0.3, -0.25) is 9.69 Å². The van der Waals surface area contributed by atoms with Crippen LogP contribution in [-0.2, 0) is 19.6 Å². The summed E-state index contributed by atoms with van der Waals surface area (Å²) in [6, 6.07) is 5.32. The Balaban J connectivity index is 1.70. The number of anilines is 1. The van der Waals surface area contributed by atoms with Gasteiger partial charge in [0.2, 0.25) is 15.9 Å². The van der Waals surface area contributed by atoms with E-state index >= 15 is 0 Å². The molecule has 0 saturated carbocycles. The maximum atomic E-state index is 13.6. The Morgan fingerprint density at radius 1 is 1.31 bits per heavy atom. The molecule has 0 bridgehead atoms. The van der Waals surface area contributed by atoms with Gasteiger partial charge in [-0.15, -0.1) is 0 Å². The minimum Gasteiger partial charge on any atom is -0.376 e. The summed E-state index contributed by atoms with van der Waals surface area (Å²) in [7, 11) is -3.46. The number of hydrogen-bond donors (Lipinski definition) is 0. The van der Waals surface area contributed by atoms with Gasteiger partial charge in [0.25, 0.3) is 0 Å². The normalized spacial score (nSPS) is 23.5. The van der Waals surface area contributed by atoms with E-state index in [1.54, 1.807) is 4.90 Å². The summed E-state index contributed by atoms with van der Waals surface area (Å²) >= 11 is 1.47. The fraction of sp³-hybridized carbons (Fsp3) is 0.600. The number of piperidine rings is 1. The third kappa shape index (κ3) is 4.33. The average molecular weight is 438 g/mol. The van der Waals surface area contributed by atoms with E-state index in [-0.39, 0.29) is 12.0 Å². The number of aryl methyl sites for hydroxylation is 1. The van der Waals surface area contributed by atoms with E-state index < -0.39 is 16.1 Å². The molecule has 2 aromatic rings. The number of hydrogen-bond acceptors (Lipinski definition) is 6. The minimum absolute atomic E-state index is 0.0395. The molecule has 2 fully saturated rings. The van der Waals surface area contributed by atoms with Gasteiger partial charge in [-0.05, 0) is 44.2 Å². The largest absolute Gasteiger partial charge is 0.376 e. The average Bonchev–Trinajstić information content (AvgIpc) is 3.35. The first-order chi connectivity index (χ1) is 13.8. The number of fused-ring (bicyclic) bond motifs is 1. The number of ether oxygens (including phenoxy) is 1. The SMILES string of the molecule is Cc1cccc2sc(N(C[C@@H]3CCCO3)C(=O)[C@H]3CCCCN3S(C)(=O)=O)nc12. The van der Waals surface area contributed by atoms with Crippen LogP contribution in [0, 0.1) is 6.92 Å². The molecule has 29 heavy (non-hydrogen) atoms. The van der Waals surface area contributed by atoms with Crippen molar-refractivity contribution in [3.8, 4) is 0 Å². The van der Waals surface area contributed by atoms with Gasteiger partial charge in [0.05, 0.1) is 29.1 Å². The summed E-state index contributed by atoms with van der Waals surface area (Å²) < 4.78 is 32.8. The maximum absolute atomic E-state index is 13.6. The zero-order valence-electron chi connectivity index (χ0n) is 16.8. The van der Waals surface area contributed by atoms with Gasteiger partial charge in [-0.25, -0.2) is 13.4 Å². The lowest BCUT2D eigenvalue weighted by molar-refractivity contribution is -0.123. The highest BCUT2D eigenvalue weighted by Crippen LogP contribution is 2.33. The summed E-state index contributed by atoms with van der Waals surface area (Å²) in [6.45, 7) is 3.50. The van der Waals surface area contributed by atoms with Crippen molar-refractivity contribution in [2.75, 3.05) is 30.9 Å². The molecule has 2 saturated heterocycles. The van der Waals surface area contributed by atoms with Crippen molar-refractivity contribution in [2.24, 2.45) is 0 Å². The molecule has 158 valence electrons. The lowest BCUT2D eigenvalue weighted by Gasteiger charge is -2.35. The molecule has 1 aromatic carbocycles. The topological polar surface area (TPSA) is 79.8 Å². The van der Waals surface area contributed by atoms with Crippen molar-refractivity contribution < 1.29 is 17.9 Å². The van der Waals surface area contributed by atoms with Crippen LogP contribution in [0.25, 0.3) is 10.2 Å². The number of carbonyl (C=O) groups is 1. The van der Waals surface area contributed by atoms with Crippen molar-refractivity contribution in [3.63, 3.8) is 0 Å². The smallest absolute Gasteiger partial charge is 0.247 e. The number of aromatic nitrogens is 1.